The number of hydrogen-bond acceptors (Lipinski definition) is 2. The molecule has 0 aromatic heterocycles. The standard InChI is InChI=1S/C19H29NO/c21-18-12-11-15(13-18)14-20-19(16-7-3-1-4-8-16)17-9-5-2-6-10-17/h1,3-4,7-8,15,17-21H,2,5-6,9-14H2. The monoisotopic (exact) mass is 287 g/mol. The fraction of sp³-hybridized carbons (Fsp3) is 0.684. The maximum atomic E-state index is 9.70. The molecule has 2 saturated carbocycles. The molecular formula is C19H29NO. The third-order valence-electron chi connectivity index (χ3n) is 5.42. The van der Waals surface area contributed by atoms with Crippen LogP contribution < -0.4 is 5.32 Å². The Morgan fingerprint density at radius 2 is 1.76 bits per heavy atom. The molecule has 2 aliphatic carbocycles. The average Bonchev–Trinajstić information content (AvgIpc) is 2.95. The summed E-state index contributed by atoms with van der Waals surface area (Å²) in [6.07, 6.45) is 10.0. The lowest BCUT2D eigenvalue weighted by molar-refractivity contribution is 0.176. The van der Waals surface area contributed by atoms with Crippen molar-refractivity contribution in [1.82, 2.24) is 5.32 Å². The van der Waals surface area contributed by atoms with Crippen LogP contribution in [0.25, 0.3) is 0 Å². The summed E-state index contributed by atoms with van der Waals surface area (Å²) in [5, 5.41) is 13.6. The van der Waals surface area contributed by atoms with Gasteiger partial charge in [-0.1, -0.05) is 49.6 Å². The highest BCUT2D eigenvalue weighted by Crippen LogP contribution is 2.35. The van der Waals surface area contributed by atoms with Gasteiger partial charge in [-0.3, -0.25) is 0 Å². The second-order valence-electron chi connectivity index (χ2n) is 7.03. The van der Waals surface area contributed by atoms with Crippen LogP contribution in [0, 0.1) is 11.8 Å². The van der Waals surface area contributed by atoms with E-state index in [-0.39, 0.29) is 6.10 Å². The molecule has 3 atom stereocenters. The molecule has 0 spiro atoms. The smallest absolute Gasteiger partial charge is 0.0543 e. The Morgan fingerprint density at radius 3 is 2.43 bits per heavy atom. The van der Waals surface area contributed by atoms with Gasteiger partial charge in [-0.25, -0.2) is 0 Å². The Hall–Kier alpha value is -0.860. The Bertz CT molecular complexity index is 413. The minimum absolute atomic E-state index is 0.0540. The van der Waals surface area contributed by atoms with Crippen molar-refractivity contribution in [3.63, 3.8) is 0 Å². The summed E-state index contributed by atoms with van der Waals surface area (Å²) in [7, 11) is 0. The lowest BCUT2D eigenvalue weighted by atomic mass is 9.81. The molecule has 3 unspecified atom stereocenters. The van der Waals surface area contributed by atoms with Gasteiger partial charge in [0, 0.05) is 6.04 Å². The number of hydrogen-bond donors (Lipinski definition) is 2. The first-order valence-electron chi connectivity index (χ1n) is 8.79. The molecule has 116 valence electrons. The summed E-state index contributed by atoms with van der Waals surface area (Å²) < 4.78 is 0. The van der Waals surface area contributed by atoms with E-state index in [4.69, 9.17) is 0 Å². The molecule has 2 nitrogen and oxygen atoms in total. The molecule has 3 rings (SSSR count). The fourth-order valence-electron chi connectivity index (χ4n) is 4.21. The highest BCUT2D eigenvalue weighted by molar-refractivity contribution is 5.20. The van der Waals surface area contributed by atoms with Crippen molar-refractivity contribution in [3.8, 4) is 0 Å². The van der Waals surface area contributed by atoms with Gasteiger partial charge in [-0.2, -0.15) is 0 Å². The molecule has 1 aromatic rings. The Balaban J connectivity index is 1.64. The van der Waals surface area contributed by atoms with Crippen LogP contribution in [0.15, 0.2) is 30.3 Å². The molecule has 21 heavy (non-hydrogen) atoms. The number of nitrogens with one attached hydrogen (secondary N) is 1. The first-order valence-corrected chi connectivity index (χ1v) is 8.79. The maximum absolute atomic E-state index is 9.70. The van der Waals surface area contributed by atoms with Gasteiger partial charge in [-0.15, -0.1) is 0 Å². The van der Waals surface area contributed by atoms with Gasteiger partial charge < -0.3 is 10.4 Å². The zero-order valence-corrected chi connectivity index (χ0v) is 13.0. The summed E-state index contributed by atoms with van der Waals surface area (Å²) in [5.41, 5.74) is 1.45. The molecule has 2 heteroatoms. The molecule has 2 aliphatic rings. The van der Waals surface area contributed by atoms with Crippen LogP contribution in [0.5, 0.6) is 0 Å². The first kappa shape index (κ1) is 15.1. The van der Waals surface area contributed by atoms with E-state index in [0.717, 1.165) is 25.3 Å². The van der Waals surface area contributed by atoms with Crippen LogP contribution in [-0.2, 0) is 0 Å². The largest absolute Gasteiger partial charge is 0.393 e. The minimum Gasteiger partial charge on any atom is -0.393 e. The highest BCUT2D eigenvalue weighted by Gasteiger charge is 2.27. The van der Waals surface area contributed by atoms with Crippen LogP contribution in [-0.4, -0.2) is 17.8 Å². The van der Waals surface area contributed by atoms with E-state index in [1.807, 2.05) is 0 Å². The van der Waals surface area contributed by atoms with Crippen molar-refractivity contribution in [2.45, 2.75) is 63.5 Å². The summed E-state index contributed by atoms with van der Waals surface area (Å²) in [6.45, 7) is 1.06. The van der Waals surface area contributed by atoms with Crippen molar-refractivity contribution >= 4 is 0 Å². The maximum Gasteiger partial charge on any atom is 0.0543 e. The van der Waals surface area contributed by atoms with E-state index >= 15 is 0 Å². The van der Waals surface area contributed by atoms with Gasteiger partial charge in [0.05, 0.1) is 6.10 Å². The fourth-order valence-corrected chi connectivity index (χ4v) is 4.21. The first-order chi connectivity index (χ1) is 10.3. The number of aliphatic hydroxyl groups is 1. The molecule has 0 radical (unpaired) electrons. The second kappa shape index (κ2) is 7.42. The quantitative estimate of drug-likeness (QED) is 0.856. The second-order valence-corrected chi connectivity index (χ2v) is 7.03. The van der Waals surface area contributed by atoms with Gasteiger partial charge in [0.25, 0.3) is 0 Å². The van der Waals surface area contributed by atoms with E-state index in [1.165, 1.54) is 44.1 Å². The average molecular weight is 287 g/mol. The van der Waals surface area contributed by atoms with E-state index < -0.39 is 0 Å². The molecule has 0 amide bonds. The third-order valence-corrected chi connectivity index (χ3v) is 5.42. The molecule has 1 aromatic carbocycles. The summed E-state index contributed by atoms with van der Waals surface area (Å²) >= 11 is 0. The van der Waals surface area contributed by atoms with Gasteiger partial charge in [0.2, 0.25) is 0 Å². The molecule has 2 N–H and O–H groups in total. The number of aliphatic hydroxyl groups excluding tert-OH is 1. The van der Waals surface area contributed by atoms with Crippen molar-refractivity contribution in [1.29, 1.82) is 0 Å². The summed E-state index contributed by atoms with van der Waals surface area (Å²) in [5.74, 6) is 1.45. The summed E-state index contributed by atoms with van der Waals surface area (Å²) in [6, 6.07) is 11.5. The van der Waals surface area contributed by atoms with Crippen LogP contribution >= 0.6 is 0 Å². The zero-order chi connectivity index (χ0) is 14.5. The van der Waals surface area contributed by atoms with Crippen LogP contribution in [0.1, 0.15) is 63.0 Å². The van der Waals surface area contributed by atoms with Crippen molar-refractivity contribution in [3.05, 3.63) is 35.9 Å². The van der Waals surface area contributed by atoms with Crippen LogP contribution in [0.3, 0.4) is 0 Å². The Labute approximate surface area is 129 Å². The van der Waals surface area contributed by atoms with Gasteiger partial charge in [0.1, 0.15) is 0 Å². The van der Waals surface area contributed by atoms with Crippen molar-refractivity contribution in [2.75, 3.05) is 6.54 Å². The molecular weight excluding hydrogens is 258 g/mol. The highest BCUT2D eigenvalue weighted by atomic mass is 16.3. The lowest BCUT2D eigenvalue weighted by Gasteiger charge is -2.32. The lowest BCUT2D eigenvalue weighted by Crippen LogP contribution is -2.33. The molecule has 0 heterocycles. The SMILES string of the molecule is OC1CCC(CNC(c2ccccc2)C2CCCCC2)C1. The molecule has 2 fully saturated rings. The van der Waals surface area contributed by atoms with E-state index in [2.05, 4.69) is 35.6 Å². The zero-order valence-electron chi connectivity index (χ0n) is 13.0. The molecule has 0 bridgehead atoms. The van der Waals surface area contributed by atoms with E-state index in [1.54, 1.807) is 0 Å². The van der Waals surface area contributed by atoms with E-state index in [9.17, 15) is 5.11 Å². The normalized spacial score (nSPS) is 28.6. The Morgan fingerprint density at radius 1 is 1.00 bits per heavy atom. The third kappa shape index (κ3) is 4.08. The van der Waals surface area contributed by atoms with Crippen LogP contribution in [0.4, 0.5) is 0 Å². The van der Waals surface area contributed by atoms with Crippen LogP contribution in [0.2, 0.25) is 0 Å². The van der Waals surface area contributed by atoms with Gasteiger partial charge >= 0.3 is 0 Å². The van der Waals surface area contributed by atoms with Gasteiger partial charge in [-0.05, 0) is 56.0 Å². The Kier molecular flexibility index (Phi) is 5.32. The summed E-state index contributed by atoms with van der Waals surface area (Å²) in [4.78, 5) is 0. The van der Waals surface area contributed by atoms with Gasteiger partial charge in [0.15, 0.2) is 0 Å². The number of benzene rings is 1. The number of rotatable bonds is 5. The molecule has 0 saturated heterocycles. The minimum atomic E-state index is -0.0540. The predicted molar refractivity (Wildman–Crippen MR) is 87.1 cm³/mol. The van der Waals surface area contributed by atoms with Crippen molar-refractivity contribution < 1.29 is 5.11 Å². The topological polar surface area (TPSA) is 32.3 Å². The van der Waals surface area contributed by atoms with E-state index in [0.29, 0.717) is 12.0 Å². The molecule has 0 aliphatic heterocycles. The predicted octanol–water partition coefficient (Wildman–Crippen LogP) is 4.06. The van der Waals surface area contributed by atoms with Crippen molar-refractivity contribution in [2.24, 2.45) is 11.8 Å².